The third-order valence-corrected chi connectivity index (χ3v) is 4.91. The Kier molecular flexibility index (Phi) is 5.27. The standard InChI is InChI=1S/C20H24O4/c1-6-15-11-20(18(21)23-4,19(22)24-5)12-17(15)14(3)16-9-7-13(2)8-10-16/h6-10,15H,1,11-12H2,2-5H3/b17-14-. The molecule has 1 fully saturated rings. The van der Waals surface area contributed by atoms with Crippen LogP contribution in [0.1, 0.15) is 30.9 Å². The summed E-state index contributed by atoms with van der Waals surface area (Å²) >= 11 is 0. The number of esters is 2. The minimum atomic E-state index is -1.29. The number of carbonyl (C=O) groups excluding carboxylic acids is 2. The lowest BCUT2D eigenvalue weighted by molar-refractivity contribution is -0.168. The minimum Gasteiger partial charge on any atom is -0.468 e. The van der Waals surface area contributed by atoms with Crippen molar-refractivity contribution in [3.63, 3.8) is 0 Å². The molecule has 0 saturated heterocycles. The predicted octanol–water partition coefficient (Wildman–Crippen LogP) is 3.70. The summed E-state index contributed by atoms with van der Waals surface area (Å²) in [6, 6.07) is 8.19. The molecule has 1 atom stereocenters. The van der Waals surface area contributed by atoms with Crippen molar-refractivity contribution in [3.8, 4) is 0 Å². The van der Waals surface area contributed by atoms with Crippen molar-refractivity contribution < 1.29 is 19.1 Å². The van der Waals surface area contributed by atoms with Crippen molar-refractivity contribution in [1.82, 2.24) is 0 Å². The van der Waals surface area contributed by atoms with Crippen molar-refractivity contribution in [2.24, 2.45) is 11.3 Å². The molecule has 4 nitrogen and oxygen atoms in total. The van der Waals surface area contributed by atoms with E-state index in [9.17, 15) is 9.59 Å². The number of allylic oxidation sites excluding steroid dienone is 3. The molecule has 24 heavy (non-hydrogen) atoms. The third kappa shape index (κ3) is 3.01. The second kappa shape index (κ2) is 7.04. The molecule has 1 saturated carbocycles. The van der Waals surface area contributed by atoms with Gasteiger partial charge in [-0.15, -0.1) is 6.58 Å². The molecule has 0 aromatic heterocycles. The summed E-state index contributed by atoms with van der Waals surface area (Å²) in [5.41, 5.74) is 3.07. The number of benzene rings is 1. The van der Waals surface area contributed by atoms with Gasteiger partial charge in [-0.05, 0) is 43.7 Å². The van der Waals surface area contributed by atoms with Gasteiger partial charge in [-0.25, -0.2) is 0 Å². The lowest BCUT2D eigenvalue weighted by Gasteiger charge is -2.22. The van der Waals surface area contributed by atoms with E-state index in [1.54, 1.807) is 6.08 Å². The molecule has 1 unspecified atom stereocenters. The Hall–Kier alpha value is -2.36. The maximum Gasteiger partial charge on any atom is 0.323 e. The summed E-state index contributed by atoms with van der Waals surface area (Å²) in [4.78, 5) is 24.7. The van der Waals surface area contributed by atoms with Crippen LogP contribution in [0.3, 0.4) is 0 Å². The molecule has 0 bridgehead atoms. The highest BCUT2D eigenvalue weighted by molar-refractivity contribution is 6.01. The zero-order valence-corrected chi connectivity index (χ0v) is 14.7. The molecule has 1 aliphatic carbocycles. The van der Waals surface area contributed by atoms with Crippen molar-refractivity contribution in [2.75, 3.05) is 14.2 Å². The average Bonchev–Trinajstić information content (AvgIpc) is 3.01. The lowest BCUT2D eigenvalue weighted by Crippen LogP contribution is -2.39. The van der Waals surface area contributed by atoms with Crippen LogP contribution in [0.4, 0.5) is 0 Å². The Bertz CT molecular complexity index is 666. The minimum absolute atomic E-state index is 0.0653. The highest BCUT2D eigenvalue weighted by Gasteiger charge is 2.55. The van der Waals surface area contributed by atoms with Gasteiger partial charge < -0.3 is 9.47 Å². The molecule has 4 heteroatoms. The Morgan fingerprint density at radius 3 is 2.17 bits per heavy atom. The van der Waals surface area contributed by atoms with Crippen molar-refractivity contribution >= 4 is 17.5 Å². The molecule has 0 spiro atoms. The zero-order chi connectivity index (χ0) is 17.9. The van der Waals surface area contributed by atoms with Gasteiger partial charge in [-0.2, -0.15) is 0 Å². The normalized spacial score (nSPS) is 21.1. The van der Waals surface area contributed by atoms with Gasteiger partial charge in [0, 0.05) is 0 Å². The van der Waals surface area contributed by atoms with Crippen LogP contribution in [-0.4, -0.2) is 26.2 Å². The first kappa shape index (κ1) is 18.0. The van der Waals surface area contributed by atoms with Gasteiger partial charge in [0.2, 0.25) is 0 Å². The molecule has 0 radical (unpaired) electrons. The second-order valence-corrected chi connectivity index (χ2v) is 6.30. The predicted molar refractivity (Wildman–Crippen MR) is 93.2 cm³/mol. The van der Waals surface area contributed by atoms with Gasteiger partial charge in [0.05, 0.1) is 14.2 Å². The van der Waals surface area contributed by atoms with Crippen LogP contribution in [-0.2, 0) is 19.1 Å². The first-order valence-electron chi connectivity index (χ1n) is 7.95. The molecule has 0 N–H and O–H groups in total. The van der Waals surface area contributed by atoms with E-state index in [1.165, 1.54) is 19.8 Å². The van der Waals surface area contributed by atoms with Crippen LogP contribution >= 0.6 is 0 Å². The van der Waals surface area contributed by atoms with Gasteiger partial charge in [0.15, 0.2) is 5.41 Å². The van der Waals surface area contributed by atoms with Crippen LogP contribution in [0, 0.1) is 18.3 Å². The number of hydrogen-bond donors (Lipinski definition) is 0. The van der Waals surface area contributed by atoms with Crippen LogP contribution < -0.4 is 0 Å². The average molecular weight is 328 g/mol. The fraction of sp³-hybridized carbons (Fsp3) is 0.400. The summed E-state index contributed by atoms with van der Waals surface area (Å²) in [7, 11) is 2.59. The van der Waals surface area contributed by atoms with Gasteiger partial charge in [0.25, 0.3) is 0 Å². The number of rotatable bonds is 4. The monoisotopic (exact) mass is 328 g/mol. The Morgan fingerprint density at radius 2 is 1.71 bits per heavy atom. The van der Waals surface area contributed by atoms with Gasteiger partial charge in [-0.1, -0.05) is 41.5 Å². The van der Waals surface area contributed by atoms with E-state index in [0.717, 1.165) is 16.7 Å². The summed E-state index contributed by atoms with van der Waals surface area (Å²) in [6.07, 6.45) is 2.41. The number of hydrogen-bond acceptors (Lipinski definition) is 4. The smallest absolute Gasteiger partial charge is 0.323 e. The fourth-order valence-corrected chi connectivity index (χ4v) is 3.44. The summed E-state index contributed by atoms with van der Waals surface area (Å²) in [5, 5.41) is 0. The number of aryl methyl sites for hydroxylation is 1. The number of methoxy groups -OCH3 is 2. The van der Waals surface area contributed by atoms with E-state index in [4.69, 9.17) is 9.47 Å². The summed E-state index contributed by atoms with van der Waals surface area (Å²) in [6.45, 7) is 7.93. The molecule has 1 aromatic rings. The van der Waals surface area contributed by atoms with E-state index in [1.807, 2.05) is 38.1 Å². The maximum absolute atomic E-state index is 12.4. The Balaban J connectivity index is 2.52. The molecule has 0 heterocycles. The molecular formula is C20H24O4. The Morgan fingerprint density at radius 1 is 1.17 bits per heavy atom. The topological polar surface area (TPSA) is 52.6 Å². The van der Waals surface area contributed by atoms with Crippen LogP contribution in [0.2, 0.25) is 0 Å². The molecular weight excluding hydrogens is 304 g/mol. The molecule has 1 aromatic carbocycles. The van der Waals surface area contributed by atoms with Gasteiger partial charge in [0.1, 0.15) is 0 Å². The highest BCUT2D eigenvalue weighted by atomic mass is 16.5. The van der Waals surface area contributed by atoms with Gasteiger partial charge >= 0.3 is 11.9 Å². The molecule has 0 amide bonds. The largest absolute Gasteiger partial charge is 0.468 e. The molecule has 2 rings (SSSR count). The molecule has 0 aliphatic heterocycles. The SMILES string of the molecule is C=CC1CC(C(=O)OC)(C(=O)OC)C/C1=C(\C)c1ccc(C)cc1. The number of carbonyl (C=O) groups is 2. The fourth-order valence-electron chi connectivity index (χ4n) is 3.44. The molecule has 128 valence electrons. The van der Waals surface area contributed by atoms with E-state index < -0.39 is 17.4 Å². The Labute approximate surface area is 143 Å². The van der Waals surface area contributed by atoms with E-state index in [2.05, 4.69) is 6.58 Å². The summed E-state index contributed by atoms with van der Waals surface area (Å²) in [5.74, 6) is -1.16. The van der Waals surface area contributed by atoms with E-state index in [-0.39, 0.29) is 5.92 Å². The summed E-state index contributed by atoms with van der Waals surface area (Å²) < 4.78 is 9.81. The maximum atomic E-state index is 12.4. The van der Waals surface area contributed by atoms with E-state index in [0.29, 0.717) is 12.8 Å². The lowest BCUT2D eigenvalue weighted by atomic mass is 9.85. The zero-order valence-electron chi connectivity index (χ0n) is 14.7. The molecule has 1 aliphatic rings. The van der Waals surface area contributed by atoms with Crippen molar-refractivity contribution in [2.45, 2.75) is 26.7 Å². The quantitative estimate of drug-likeness (QED) is 0.480. The highest BCUT2D eigenvalue weighted by Crippen LogP contribution is 2.50. The van der Waals surface area contributed by atoms with Crippen LogP contribution in [0.25, 0.3) is 5.57 Å². The van der Waals surface area contributed by atoms with Crippen LogP contribution in [0.5, 0.6) is 0 Å². The first-order valence-corrected chi connectivity index (χ1v) is 7.95. The van der Waals surface area contributed by atoms with Gasteiger partial charge in [-0.3, -0.25) is 9.59 Å². The van der Waals surface area contributed by atoms with Crippen LogP contribution in [0.15, 0.2) is 42.5 Å². The van der Waals surface area contributed by atoms with Crippen molar-refractivity contribution in [3.05, 3.63) is 53.6 Å². The van der Waals surface area contributed by atoms with Crippen molar-refractivity contribution in [1.29, 1.82) is 0 Å². The van der Waals surface area contributed by atoms with E-state index >= 15 is 0 Å². The third-order valence-electron chi connectivity index (χ3n) is 4.91. The first-order chi connectivity index (χ1) is 11.4. The number of ether oxygens (including phenoxy) is 2. The second-order valence-electron chi connectivity index (χ2n) is 6.30.